The standard InChI is InChI=1S/C9H17N5S/c1-14-9(11-12-13-14)15-8-5-3-2-4-7(8)6-10/h7-8H,2-6,10H2,1H3. The Hall–Kier alpha value is -0.620. The zero-order valence-electron chi connectivity index (χ0n) is 8.96. The van der Waals surface area contributed by atoms with Gasteiger partial charge in [0.15, 0.2) is 0 Å². The van der Waals surface area contributed by atoms with Crippen LogP contribution in [-0.2, 0) is 7.05 Å². The number of rotatable bonds is 3. The molecule has 1 aliphatic rings. The number of nitrogens with two attached hydrogens (primary N) is 1. The summed E-state index contributed by atoms with van der Waals surface area (Å²) >= 11 is 1.78. The van der Waals surface area contributed by atoms with Gasteiger partial charge >= 0.3 is 0 Å². The summed E-state index contributed by atoms with van der Waals surface area (Å²) in [7, 11) is 1.88. The fourth-order valence-electron chi connectivity index (χ4n) is 2.05. The monoisotopic (exact) mass is 227 g/mol. The fraction of sp³-hybridized carbons (Fsp3) is 0.889. The van der Waals surface area contributed by atoms with Crippen LogP contribution in [0.5, 0.6) is 0 Å². The largest absolute Gasteiger partial charge is 0.330 e. The van der Waals surface area contributed by atoms with E-state index in [9.17, 15) is 0 Å². The van der Waals surface area contributed by atoms with Crippen molar-refractivity contribution in [3.05, 3.63) is 0 Å². The Morgan fingerprint density at radius 3 is 2.93 bits per heavy atom. The molecule has 5 nitrogen and oxygen atoms in total. The molecule has 0 spiro atoms. The Bertz CT molecular complexity index is 313. The molecule has 0 aromatic carbocycles. The van der Waals surface area contributed by atoms with Crippen molar-refractivity contribution in [1.82, 2.24) is 20.2 Å². The predicted octanol–water partition coefficient (Wildman–Crippen LogP) is 0.820. The fourth-order valence-corrected chi connectivity index (χ4v) is 3.32. The molecule has 15 heavy (non-hydrogen) atoms. The van der Waals surface area contributed by atoms with Crippen LogP contribution in [0.4, 0.5) is 0 Å². The molecule has 0 amide bonds. The van der Waals surface area contributed by atoms with Crippen LogP contribution < -0.4 is 5.73 Å². The number of nitrogens with zero attached hydrogens (tertiary/aromatic N) is 4. The van der Waals surface area contributed by atoms with E-state index >= 15 is 0 Å². The van der Waals surface area contributed by atoms with E-state index < -0.39 is 0 Å². The smallest absolute Gasteiger partial charge is 0.209 e. The summed E-state index contributed by atoms with van der Waals surface area (Å²) < 4.78 is 1.73. The maximum absolute atomic E-state index is 5.79. The van der Waals surface area contributed by atoms with Crippen LogP contribution in [0.25, 0.3) is 0 Å². The summed E-state index contributed by atoms with van der Waals surface area (Å²) in [5.41, 5.74) is 5.79. The zero-order valence-corrected chi connectivity index (χ0v) is 9.78. The van der Waals surface area contributed by atoms with E-state index in [4.69, 9.17) is 5.73 Å². The van der Waals surface area contributed by atoms with Crippen molar-refractivity contribution in [2.24, 2.45) is 18.7 Å². The second-order valence-corrected chi connectivity index (χ2v) is 5.23. The topological polar surface area (TPSA) is 69.6 Å². The van der Waals surface area contributed by atoms with Gasteiger partial charge < -0.3 is 5.73 Å². The van der Waals surface area contributed by atoms with E-state index in [1.807, 2.05) is 7.05 Å². The minimum Gasteiger partial charge on any atom is -0.330 e. The first kappa shape index (κ1) is 10.9. The predicted molar refractivity (Wildman–Crippen MR) is 59.5 cm³/mol. The van der Waals surface area contributed by atoms with E-state index in [0.29, 0.717) is 11.2 Å². The lowest BCUT2D eigenvalue weighted by molar-refractivity contribution is 0.377. The number of aryl methyl sites for hydroxylation is 1. The summed E-state index contributed by atoms with van der Waals surface area (Å²) in [6.45, 7) is 0.781. The first-order valence-corrected chi connectivity index (χ1v) is 6.28. The highest BCUT2D eigenvalue weighted by Gasteiger charge is 2.26. The third-order valence-electron chi connectivity index (χ3n) is 2.98. The quantitative estimate of drug-likeness (QED) is 0.828. The van der Waals surface area contributed by atoms with Crippen LogP contribution in [0.1, 0.15) is 25.7 Å². The molecule has 0 saturated heterocycles. The Kier molecular flexibility index (Phi) is 3.58. The van der Waals surface area contributed by atoms with Crippen LogP contribution in [0.2, 0.25) is 0 Å². The maximum atomic E-state index is 5.79. The average molecular weight is 227 g/mol. The molecule has 0 bridgehead atoms. The van der Waals surface area contributed by atoms with Gasteiger partial charge in [0.2, 0.25) is 5.16 Å². The van der Waals surface area contributed by atoms with Crippen molar-refractivity contribution < 1.29 is 0 Å². The third kappa shape index (κ3) is 2.49. The number of hydrogen-bond donors (Lipinski definition) is 1. The van der Waals surface area contributed by atoms with Crippen LogP contribution in [-0.4, -0.2) is 32.0 Å². The summed E-state index contributed by atoms with van der Waals surface area (Å²) in [6, 6.07) is 0. The van der Waals surface area contributed by atoms with Crippen molar-refractivity contribution in [2.75, 3.05) is 6.54 Å². The van der Waals surface area contributed by atoms with Gasteiger partial charge in [-0.1, -0.05) is 24.6 Å². The summed E-state index contributed by atoms with van der Waals surface area (Å²) in [5, 5.41) is 13.0. The first-order chi connectivity index (χ1) is 7.31. The lowest BCUT2D eigenvalue weighted by Crippen LogP contribution is -2.29. The Balaban J connectivity index is 2.00. The van der Waals surface area contributed by atoms with Gasteiger partial charge in [0.25, 0.3) is 0 Å². The van der Waals surface area contributed by atoms with Crippen LogP contribution in [0.3, 0.4) is 0 Å². The van der Waals surface area contributed by atoms with E-state index in [0.717, 1.165) is 11.7 Å². The Labute approximate surface area is 93.8 Å². The number of hydrogen-bond acceptors (Lipinski definition) is 5. The van der Waals surface area contributed by atoms with Crippen LogP contribution >= 0.6 is 11.8 Å². The maximum Gasteiger partial charge on any atom is 0.209 e. The van der Waals surface area contributed by atoms with E-state index in [2.05, 4.69) is 15.5 Å². The second-order valence-electron chi connectivity index (χ2n) is 4.02. The van der Waals surface area contributed by atoms with Crippen molar-refractivity contribution in [1.29, 1.82) is 0 Å². The van der Waals surface area contributed by atoms with Crippen molar-refractivity contribution >= 4 is 11.8 Å². The molecule has 1 aliphatic carbocycles. The molecule has 2 unspecified atom stereocenters. The summed E-state index contributed by atoms with van der Waals surface area (Å²) in [5.74, 6) is 0.625. The average Bonchev–Trinajstić information content (AvgIpc) is 2.65. The highest BCUT2D eigenvalue weighted by atomic mass is 32.2. The second kappa shape index (κ2) is 4.94. The minimum atomic E-state index is 0.591. The van der Waals surface area contributed by atoms with Gasteiger partial charge in [-0.2, -0.15) is 0 Å². The molecule has 1 heterocycles. The first-order valence-electron chi connectivity index (χ1n) is 5.40. The molecule has 1 fully saturated rings. The highest BCUT2D eigenvalue weighted by Crippen LogP contribution is 2.35. The van der Waals surface area contributed by atoms with Gasteiger partial charge in [-0.15, -0.1) is 5.10 Å². The molecular formula is C9H17N5S. The van der Waals surface area contributed by atoms with Crippen molar-refractivity contribution in [2.45, 2.75) is 36.1 Å². The summed E-state index contributed by atoms with van der Waals surface area (Å²) in [4.78, 5) is 0. The number of tetrazole rings is 1. The van der Waals surface area contributed by atoms with Crippen LogP contribution in [0, 0.1) is 5.92 Å². The van der Waals surface area contributed by atoms with E-state index in [-0.39, 0.29) is 0 Å². The molecule has 1 aromatic heterocycles. The highest BCUT2D eigenvalue weighted by molar-refractivity contribution is 7.99. The molecule has 1 aromatic rings. The zero-order chi connectivity index (χ0) is 10.7. The Morgan fingerprint density at radius 1 is 1.47 bits per heavy atom. The van der Waals surface area contributed by atoms with Gasteiger partial charge in [0.1, 0.15) is 0 Å². The third-order valence-corrected chi connectivity index (χ3v) is 4.46. The Morgan fingerprint density at radius 2 is 2.27 bits per heavy atom. The van der Waals surface area contributed by atoms with Crippen LogP contribution in [0.15, 0.2) is 5.16 Å². The molecular weight excluding hydrogens is 210 g/mol. The summed E-state index contributed by atoms with van der Waals surface area (Å²) in [6.07, 6.45) is 5.11. The van der Waals surface area contributed by atoms with Gasteiger partial charge in [0, 0.05) is 12.3 Å². The lowest BCUT2D eigenvalue weighted by Gasteiger charge is -2.29. The SMILES string of the molecule is Cn1nnnc1SC1CCCCC1CN. The molecule has 2 rings (SSSR count). The van der Waals surface area contributed by atoms with E-state index in [1.54, 1.807) is 16.4 Å². The molecule has 1 saturated carbocycles. The number of aromatic nitrogens is 4. The molecule has 2 atom stereocenters. The normalized spacial score (nSPS) is 26.8. The minimum absolute atomic E-state index is 0.591. The molecule has 84 valence electrons. The lowest BCUT2D eigenvalue weighted by atomic mass is 9.89. The van der Waals surface area contributed by atoms with Crippen molar-refractivity contribution in [3.8, 4) is 0 Å². The van der Waals surface area contributed by atoms with Gasteiger partial charge in [-0.25, -0.2) is 4.68 Å². The van der Waals surface area contributed by atoms with Crippen molar-refractivity contribution in [3.63, 3.8) is 0 Å². The van der Waals surface area contributed by atoms with E-state index in [1.165, 1.54) is 25.7 Å². The number of thioether (sulfide) groups is 1. The molecule has 6 heteroatoms. The molecule has 0 aliphatic heterocycles. The van der Waals surface area contributed by atoms with Gasteiger partial charge in [0.05, 0.1) is 0 Å². The van der Waals surface area contributed by atoms with Gasteiger partial charge in [-0.05, 0) is 35.7 Å². The molecule has 2 N–H and O–H groups in total. The molecule has 0 radical (unpaired) electrons. The van der Waals surface area contributed by atoms with Gasteiger partial charge in [-0.3, -0.25) is 0 Å².